The van der Waals surface area contributed by atoms with Crippen molar-refractivity contribution >= 4 is 5.65 Å². The Morgan fingerprint density at radius 3 is 3.08 bits per heavy atom. The molecular weight excluding hydrogens is 168 g/mol. The number of rotatable bonds is 1. The summed E-state index contributed by atoms with van der Waals surface area (Å²) in [4.78, 5) is 0. The van der Waals surface area contributed by atoms with Gasteiger partial charge >= 0.3 is 6.01 Å². The SMILES string of the molecule is COc1nnc2cc(C#N)ccn12. The molecule has 5 heteroatoms. The topological polar surface area (TPSA) is 63.2 Å². The smallest absolute Gasteiger partial charge is 0.321 e. The molecule has 0 aliphatic heterocycles. The molecule has 64 valence electrons. The molecular formula is C8H6N4O. The van der Waals surface area contributed by atoms with Gasteiger partial charge in [0.05, 0.1) is 18.7 Å². The van der Waals surface area contributed by atoms with Crippen molar-refractivity contribution in [3.63, 3.8) is 0 Å². The van der Waals surface area contributed by atoms with Crippen molar-refractivity contribution in [3.8, 4) is 12.1 Å². The van der Waals surface area contributed by atoms with Crippen LogP contribution in [-0.4, -0.2) is 21.7 Å². The summed E-state index contributed by atoms with van der Waals surface area (Å²) in [5.74, 6) is 0. The van der Waals surface area contributed by atoms with Crippen molar-refractivity contribution in [2.24, 2.45) is 0 Å². The first-order valence-electron chi connectivity index (χ1n) is 3.64. The Kier molecular flexibility index (Phi) is 1.60. The van der Waals surface area contributed by atoms with E-state index in [9.17, 15) is 0 Å². The van der Waals surface area contributed by atoms with E-state index in [-0.39, 0.29) is 0 Å². The second-order valence-corrected chi connectivity index (χ2v) is 2.44. The number of ether oxygens (including phenoxy) is 1. The van der Waals surface area contributed by atoms with E-state index in [0.717, 1.165) is 0 Å². The second kappa shape index (κ2) is 2.75. The number of pyridine rings is 1. The molecule has 0 N–H and O–H groups in total. The maximum Gasteiger partial charge on any atom is 0.321 e. The van der Waals surface area contributed by atoms with Crippen LogP contribution in [0.4, 0.5) is 0 Å². The first kappa shape index (κ1) is 7.55. The van der Waals surface area contributed by atoms with Crippen LogP contribution in [0.1, 0.15) is 5.56 Å². The van der Waals surface area contributed by atoms with Crippen LogP contribution in [0, 0.1) is 11.3 Å². The lowest BCUT2D eigenvalue weighted by molar-refractivity contribution is 0.375. The fourth-order valence-electron chi connectivity index (χ4n) is 1.08. The van der Waals surface area contributed by atoms with E-state index in [1.54, 1.807) is 22.7 Å². The summed E-state index contributed by atoms with van der Waals surface area (Å²) in [5, 5.41) is 16.2. The number of nitriles is 1. The molecule has 0 unspecified atom stereocenters. The van der Waals surface area contributed by atoms with Crippen molar-refractivity contribution in [3.05, 3.63) is 23.9 Å². The van der Waals surface area contributed by atoms with Crippen molar-refractivity contribution in [2.75, 3.05) is 7.11 Å². The lowest BCUT2D eigenvalue weighted by Gasteiger charge is -1.95. The molecule has 0 radical (unpaired) electrons. The highest BCUT2D eigenvalue weighted by Gasteiger charge is 2.04. The van der Waals surface area contributed by atoms with E-state index in [1.165, 1.54) is 7.11 Å². The second-order valence-electron chi connectivity index (χ2n) is 2.44. The number of hydrogen-bond acceptors (Lipinski definition) is 4. The third-order valence-electron chi connectivity index (χ3n) is 1.69. The molecule has 0 atom stereocenters. The molecule has 2 aromatic heterocycles. The highest BCUT2D eigenvalue weighted by atomic mass is 16.5. The number of hydrogen-bond donors (Lipinski definition) is 0. The summed E-state index contributed by atoms with van der Waals surface area (Å²) < 4.78 is 6.61. The molecule has 13 heavy (non-hydrogen) atoms. The molecule has 0 aliphatic rings. The minimum atomic E-state index is 0.416. The molecule has 2 heterocycles. The average molecular weight is 174 g/mol. The van der Waals surface area contributed by atoms with Gasteiger partial charge in [0.15, 0.2) is 5.65 Å². The number of methoxy groups -OCH3 is 1. The van der Waals surface area contributed by atoms with Crippen LogP contribution in [-0.2, 0) is 0 Å². The maximum absolute atomic E-state index is 8.62. The average Bonchev–Trinajstić information content (AvgIpc) is 2.59. The number of fused-ring (bicyclic) bond motifs is 1. The highest BCUT2D eigenvalue weighted by molar-refractivity contribution is 5.46. The van der Waals surface area contributed by atoms with Gasteiger partial charge in [0, 0.05) is 12.3 Å². The fourth-order valence-corrected chi connectivity index (χ4v) is 1.08. The summed E-state index contributed by atoms with van der Waals surface area (Å²) in [7, 11) is 1.52. The summed E-state index contributed by atoms with van der Waals surface area (Å²) in [6.45, 7) is 0. The quantitative estimate of drug-likeness (QED) is 0.635. The molecule has 0 bridgehead atoms. The van der Waals surface area contributed by atoms with Crippen LogP contribution in [0.15, 0.2) is 18.3 Å². The third kappa shape index (κ3) is 1.08. The zero-order valence-electron chi connectivity index (χ0n) is 6.93. The summed E-state index contributed by atoms with van der Waals surface area (Å²) >= 11 is 0. The van der Waals surface area contributed by atoms with Gasteiger partial charge in [-0.05, 0) is 6.07 Å². The molecule has 0 amide bonds. The van der Waals surface area contributed by atoms with Crippen LogP contribution in [0.3, 0.4) is 0 Å². The molecule has 0 spiro atoms. The first-order valence-corrected chi connectivity index (χ1v) is 3.64. The lowest BCUT2D eigenvalue weighted by Crippen LogP contribution is -1.91. The molecule has 5 nitrogen and oxygen atoms in total. The Morgan fingerprint density at radius 1 is 1.54 bits per heavy atom. The van der Waals surface area contributed by atoms with Gasteiger partial charge in [-0.1, -0.05) is 5.10 Å². The summed E-state index contributed by atoms with van der Waals surface area (Å²) in [6.07, 6.45) is 1.70. The lowest BCUT2D eigenvalue weighted by atomic mass is 10.3. The van der Waals surface area contributed by atoms with Gasteiger partial charge in [0.1, 0.15) is 0 Å². The van der Waals surface area contributed by atoms with Crippen molar-refractivity contribution in [2.45, 2.75) is 0 Å². The van der Waals surface area contributed by atoms with Gasteiger partial charge < -0.3 is 4.74 Å². The number of aromatic nitrogens is 3. The van der Waals surface area contributed by atoms with Gasteiger partial charge in [0.25, 0.3) is 0 Å². The molecule has 0 saturated heterocycles. The van der Waals surface area contributed by atoms with Crippen LogP contribution >= 0.6 is 0 Å². The third-order valence-corrected chi connectivity index (χ3v) is 1.69. The van der Waals surface area contributed by atoms with Crippen LogP contribution in [0.25, 0.3) is 5.65 Å². The largest absolute Gasteiger partial charge is 0.467 e. The van der Waals surface area contributed by atoms with E-state index < -0.39 is 0 Å². The Hall–Kier alpha value is -2.09. The molecule has 2 rings (SSSR count). The predicted octanol–water partition coefficient (Wildman–Crippen LogP) is 0.610. The molecule has 0 saturated carbocycles. The van der Waals surface area contributed by atoms with Gasteiger partial charge in [-0.2, -0.15) is 5.26 Å². The Labute approximate surface area is 74.2 Å². The van der Waals surface area contributed by atoms with E-state index in [1.807, 2.05) is 6.07 Å². The van der Waals surface area contributed by atoms with Gasteiger partial charge in [-0.25, -0.2) is 0 Å². The standard InChI is InChI=1S/C8H6N4O/c1-13-8-11-10-7-4-6(5-9)2-3-12(7)8/h2-4H,1H3. The Bertz CT molecular complexity index is 482. The van der Waals surface area contributed by atoms with E-state index in [2.05, 4.69) is 10.2 Å². The van der Waals surface area contributed by atoms with Crippen molar-refractivity contribution in [1.82, 2.24) is 14.6 Å². The van der Waals surface area contributed by atoms with E-state index in [0.29, 0.717) is 17.2 Å². The fraction of sp³-hybridized carbons (Fsp3) is 0.125. The zero-order valence-corrected chi connectivity index (χ0v) is 6.93. The summed E-state index contributed by atoms with van der Waals surface area (Å²) in [6, 6.07) is 5.77. The molecule has 0 aromatic carbocycles. The minimum Gasteiger partial charge on any atom is -0.467 e. The normalized spacial score (nSPS) is 9.85. The maximum atomic E-state index is 8.62. The van der Waals surface area contributed by atoms with Crippen LogP contribution in [0.5, 0.6) is 6.01 Å². The van der Waals surface area contributed by atoms with Gasteiger partial charge in [-0.3, -0.25) is 4.40 Å². The predicted molar refractivity (Wildman–Crippen MR) is 44.3 cm³/mol. The first-order chi connectivity index (χ1) is 6.35. The van der Waals surface area contributed by atoms with Crippen LogP contribution < -0.4 is 4.74 Å². The molecule has 2 aromatic rings. The highest BCUT2D eigenvalue weighted by Crippen LogP contribution is 2.10. The van der Waals surface area contributed by atoms with Crippen LogP contribution in [0.2, 0.25) is 0 Å². The minimum absolute atomic E-state index is 0.416. The van der Waals surface area contributed by atoms with Crippen molar-refractivity contribution in [1.29, 1.82) is 5.26 Å². The summed E-state index contributed by atoms with van der Waals surface area (Å²) in [5.41, 5.74) is 1.17. The molecule has 0 aliphatic carbocycles. The van der Waals surface area contributed by atoms with E-state index in [4.69, 9.17) is 10.00 Å². The van der Waals surface area contributed by atoms with Gasteiger partial charge in [-0.15, -0.1) is 5.10 Å². The monoisotopic (exact) mass is 174 g/mol. The van der Waals surface area contributed by atoms with E-state index >= 15 is 0 Å². The van der Waals surface area contributed by atoms with Crippen molar-refractivity contribution < 1.29 is 4.74 Å². The Balaban J connectivity index is 2.70. The Morgan fingerprint density at radius 2 is 2.38 bits per heavy atom. The zero-order chi connectivity index (χ0) is 9.26. The molecule has 0 fully saturated rings. The number of nitrogens with zero attached hydrogens (tertiary/aromatic N) is 4. The van der Waals surface area contributed by atoms with Gasteiger partial charge in [0.2, 0.25) is 0 Å².